The van der Waals surface area contributed by atoms with Gasteiger partial charge in [-0.25, -0.2) is 4.79 Å². The van der Waals surface area contributed by atoms with E-state index in [1.807, 2.05) is 54.6 Å². The van der Waals surface area contributed by atoms with Crippen LogP contribution >= 0.6 is 0 Å². The maximum Gasteiger partial charge on any atom is 0.408 e. The molecule has 1 atom stereocenters. The molecule has 5 nitrogen and oxygen atoms in total. The summed E-state index contributed by atoms with van der Waals surface area (Å²) in [6.45, 7) is 7.30. The van der Waals surface area contributed by atoms with Crippen molar-refractivity contribution in [2.75, 3.05) is 0 Å². The van der Waals surface area contributed by atoms with Crippen molar-refractivity contribution in [1.29, 1.82) is 0 Å². The minimum Gasteiger partial charge on any atom is -0.489 e. The molecule has 1 amide bonds. The monoisotopic (exact) mass is 369 g/mol. The number of nitrogens with one attached hydrogen (secondary N) is 1. The highest BCUT2D eigenvalue weighted by Crippen LogP contribution is 2.16. The van der Waals surface area contributed by atoms with Crippen LogP contribution < -0.4 is 10.1 Å². The third-order valence-electron chi connectivity index (χ3n) is 3.79. The molecule has 0 heterocycles. The van der Waals surface area contributed by atoms with Crippen LogP contribution in [0.1, 0.15) is 38.8 Å². The Bertz CT molecular complexity index is 748. The number of benzene rings is 2. The fourth-order valence-corrected chi connectivity index (χ4v) is 2.44. The van der Waals surface area contributed by atoms with E-state index in [9.17, 15) is 9.59 Å². The Hall–Kier alpha value is -2.82. The van der Waals surface area contributed by atoms with E-state index in [1.54, 1.807) is 20.8 Å². The summed E-state index contributed by atoms with van der Waals surface area (Å²) in [5.41, 5.74) is 1.42. The van der Waals surface area contributed by atoms with Crippen molar-refractivity contribution >= 4 is 11.9 Å². The standard InChI is InChI=1S/C22H27NO4/c1-16(24)20(23-21(25)27-22(2,3)4)14-17-10-12-19(13-11-17)26-15-18-8-6-5-7-9-18/h5-13,20H,14-15H2,1-4H3,(H,23,25). The van der Waals surface area contributed by atoms with Crippen LogP contribution in [0.25, 0.3) is 0 Å². The molecule has 0 spiro atoms. The number of Topliss-reactive ketones (excluding diaryl/α,β-unsaturated/α-hetero) is 1. The number of hydrogen-bond donors (Lipinski definition) is 1. The average Bonchev–Trinajstić information content (AvgIpc) is 2.60. The van der Waals surface area contributed by atoms with Crippen molar-refractivity contribution in [3.8, 4) is 5.75 Å². The molecule has 2 aromatic rings. The normalized spacial score (nSPS) is 12.1. The highest BCUT2D eigenvalue weighted by molar-refractivity contribution is 5.85. The van der Waals surface area contributed by atoms with Gasteiger partial charge in [-0.2, -0.15) is 0 Å². The van der Waals surface area contributed by atoms with Crippen LogP contribution in [0.2, 0.25) is 0 Å². The molecule has 27 heavy (non-hydrogen) atoms. The minimum absolute atomic E-state index is 0.120. The molecule has 0 saturated heterocycles. The molecule has 144 valence electrons. The van der Waals surface area contributed by atoms with Gasteiger partial charge in [0.1, 0.15) is 18.0 Å². The highest BCUT2D eigenvalue weighted by Gasteiger charge is 2.22. The number of ketones is 1. The van der Waals surface area contributed by atoms with Gasteiger partial charge >= 0.3 is 6.09 Å². The molecule has 0 bridgehead atoms. The van der Waals surface area contributed by atoms with Crippen molar-refractivity contribution in [3.05, 3.63) is 65.7 Å². The molecule has 2 rings (SSSR count). The van der Waals surface area contributed by atoms with Crippen LogP contribution in [0.15, 0.2) is 54.6 Å². The van der Waals surface area contributed by atoms with Crippen LogP contribution in [0.3, 0.4) is 0 Å². The van der Waals surface area contributed by atoms with E-state index in [2.05, 4.69) is 5.32 Å². The largest absolute Gasteiger partial charge is 0.489 e. The van der Waals surface area contributed by atoms with Crippen LogP contribution in [-0.4, -0.2) is 23.5 Å². The first-order valence-corrected chi connectivity index (χ1v) is 8.98. The van der Waals surface area contributed by atoms with Gasteiger partial charge in [-0.3, -0.25) is 4.79 Å². The lowest BCUT2D eigenvalue weighted by molar-refractivity contribution is -0.119. The molecule has 0 aliphatic heterocycles. The van der Waals surface area contributed by atoms with Crippen molar-refractivity contribution < 1.29 is 19.1 Å². The summed E-state index contributed by atoms with van der Waals surface area (Å²) in [5.74, 6) is 0.632. The zero-order valence-electron chi connectivity index (χ0n) is 16.3. The predicted molar refractivity (Wildman–Crippen MR) is 105 cm³/mol. The van der Waals surface area contributed by atoms with Crippen molar-refractivity contribution in [1.82, 2.24) is 5.32 Å². The van der Waals surface area contributed by atoms with Gasteiger partial charge in [0, 0.05) is 0 Å². The number of alkyl carbamates (subject to hydrolysis) is 1. The fraction of sp³-hybridized carbons (Fsp3) is 0.364. The summed E-state index contributed by atoms with van der Waals surface area (Å²) < 4.78 is 11.0. The first-order chi connectivity index (χ1) is 12.7. The molecule has 1 N–H and O–H groups in total. The molecule has 0 saturated carbocycles. The second kappa shape index (κ2) is 9.21. The minimum atomic E-state index is -0.629. The topological polar surface area (TPSA) is 64.6 Å². The van der Waals surface area contributed by atoms with Gasteiger partial charge in [-0.15, -0.1) is 0 Å². The van der Waals surface area contributed by atoms with E-state index >= 15 is 0 Å². The molecule has 5 heteroatoms. The number of carbonyl (C=O) groups is 2. The summed E-state index contributed by atoms with van der Waals surface area (Å²) in [6.07, 6.45) is -0.196. The molecule has 2 aromatic carbocycles. The zero-order chi connectivity index (χ0) is 19.9. The number of amides is 1. The Labute approximate surface area is 160 Å². The van der Waals surface area contributed by atoms with Crippen molar-refractivity contribution in [3.63, 3.8) is 0 Å². The number of ether oxygens (including phenoxy) is 2. The SMILES string of the molecule is CC(=O)C(Cc1ccc(OCc2ccccc2)cc1)NC(=O)OC(C)(C)C. The molecule has 0 aromatic heterocycles. The molecule has 1 unspecified atom stereocenters. The summed E-state index contributed by atoms with van der Waals surface area (Å²) >= 11 is 0. The van der Waals surface area contributed by atoms with Gasteiger partial charge in [0.2, 0.25) is 0 Å². The summed E-state index contributed by atoms with van der Waals surface area (Å²) in [4.78, 5) is 23.8. The second-order valence-electron chi connectivity index (χ2n) is 7.43. The summed E-state index contributed by atoms with van der Waals surface area (Å²) in [6, 6.07) is 16.8. The van der Waals surface area contributed by atoms with E-state index in [0.717, 1.165) is 16.9 Å². The lowest BCUT2D eigenvalue weighted by atomic mass is 10.0. The Kier molecular flexibility index (Phi) is 6.99. The molecule has 0 radical (unpaired) electrons. The maximum atomic E-state index is 11.9. The molecule has 0 aliphatic carbocycles. The Morgan fingerprint density at radius 3 is 2.15 bits per heavy atom. The zero-order valence-corrected chi connectivity index (χ0v) is 16.3. The first kappa shape index (κ1) is 20.5. The fourth-order valence-electron chi connectivity index (χ4n) is 2.44. The van der Waals surface area contributed by atoms with Crippen molar-refractivity contribution in [2.24, 2.45) is 0 Å². The van der Waals surface area contributed by atoms with Crippen LogP contribution in [0, 0.1) is 0 Å². The smallest absolute Gasteiger partial charge is 0.408 e. The second-order valence-corrected chi connectivity index (χ2v) is 7.43. The van der Waals surface area contributed by atoms with Gasteiger partial charge in [-0.05, 0) is 57.4 Å². The summed E-state index contributed by atoms with van der Waals surface area (Å²) in [7, 11) is 0. The van der Waals surface area contributed by atoms with Gasteiger partial charge in [0.15, 0.2) is 5.78 Å². The Morgan fingerprint density at radius 2 is 1.59 bits per heavy atom. The van der Waals surface area contributed by atoms with Gasteiger partial charge < -0.3 is 14.8 Å². The maximum absolute atomic E-state index is 11.9. The quantitative estimate of drug-likeness (QED) is 0.791. The first-order valence-electron chi connectivity index (χ1n) is 8.98. The van der Waals surface area contributed by atoms with Gasteiger partial charge in [0.25, 0.3) is 0 Å². The Balaban J connectivity index is 1.92. The number of hydrogen-bond acceptors (Lipinski definition) is 4. The molecule has 0 fully saturated rings. The van der Waals surface area contributed by atoms with Crippen LogP contribution in [-0.2, 0) is 22.6 Å². The third kappa shape index (κ3) is 7.52. The lowest BCUT2D eigenvalue weighted by Crippen LogP contribution is -2.43. The van der Waals surface area contributed by atoms with E-state index in [4.69, 9.17) is 9.47 Å². The third-order valence-corrected chi connectivity index (χ3v) is 3.79. The lowest BCUT2D eigenvalue weighted by Gasteiger charge is -2.22. The van der Waals surface area contributed by atoms with Crippen LogP contribution in [0.5, 0.6) is 5.75 Å². The van der Waals surface area contributed by atoms with E-state index in [0.29, 0.717) is 13.0 Å². The van der Waals surface area contributed by atoms with Gasteiger partial charge in [-0.1, -0.05) is 42.5 Å². The molecular formula is C22H27NO4. The average molecular weight is 369 g/mol. The van der Waals surface area contributed by atoms with E-state index in [-0.39, 0.29) is 5.78 Å². The number of carbonyl (C=O) groups excluding carboxylic acids is 2. The van der Waals surface area contributed by atoms with Crippen LogP contribution in [0.4, 0.5) is 4.79 Å². The number of rotatable bonds is 7. The van der Waals surface area contributed by atoms with E-state index in [1.165, 1.54) is 6.92 Å². The molecule has 0 aliphatic rings. The highest BCUT2D eigenvalue weighted by atomic mass is 16.6. The van der Waals surface area contributed by atoms with Crippen molar-refractivity contribution in [2.45, 2.75) is 52.4 Å². The van der Waals surface area contributed by atoms with E-state index < -0.39 is 17.7 Å². The predicted octanol–water partition coefficient (Wildman–Crippen LogP) is 4.29. The summed E-state index contributed by atoms with van der Waals surface area (Å²) in [5, 5.41) is 2.64. The van der Waals surface area contributed by atoms with Gasteiger partial charge in [0.05, 0.1) is 6.04 Å². The Morgan fingerprint density at radius 1 is 0.963 bits per heavy atom. The molecular weight excluding hydrogens is 342 g/mol.